The Morgan fingerprint density at radius 3 is 2.87 bits per heavy atom. The first-order chi connectivity index (χ1) is 7.17. The van der Waals surface area contributed by atoms with Gasteiger partial charge in [-0.1, -0.05) is 13.0 Å². The molecule has 0 aliphatic heterocycles. The Balaban J connectivity index is 2.68. The first-order valence-electron chi connectivity index (χ1n) is 4.97. The third-order valence-corrected chi connectivity index (χ3v) is 2.22. The SMILES string of the molecule is CCC(CN)NC(=O)c1cccc(O)c1. The van der Waals surface area contributed by atoms with Crippen LogP contribution >= 0.6 is 0 Å². The molecule has 0 aromatic heterocycles. The molecule has 0 radical (unpaired) electrons. The molecule has 4 N–H and O–H groups in total. The van der Waals surface area contributed by atoms with E-state index in [2.05, 4.69) is 5.32 Å². The Morgan fingerprint density at radius 1 is 1.60 bits per heavy atom. The molecule has 0 heterocycles. The summed E-state index contributed by atoms with van der Waals surface area (Å²) in [7, 11) is 0. The van der Waals surface area contributed by atoms with Gasteiger partial charge in [0.05, 0.1) is 0 Å². The van der Waals surface area contributed by atoms with Crippen molar-refractivity contribution < 1.29 is 9.90 Å². The van der Waals surface area contributed by atoms with Gasteiger partial charge in [-0.15, -0.1) is 0 Å². The van der Waals surface area contributed by atoms with Crippen LogP contribution in [0.5, 0.6) is 5.75 Å². The highest BCUT2D eigenvalue weighted by molar-refractivity contribution is 5.94. The molecule has 15 heavy (non-hydrogen) atoms. The second kappa shape index (κ2) is 5.36. The molecule has 0 aliphatic carbocycles. The van der Waals surface area contributed by atoms with Crippen molar-refractivity contribution >= 4 is 5.91 Å². The molecule has 1 amide bonds. The third kappa shape index (κ3) is 3.25. The number of benzene rings is 1. The molecule has 0 saturated heterocycles. The van der Waals surface area contributed by atoms with Crippen molar-refractivity contribution in [1.29, 1.82) is 0 Å². The van der Waals surface area contributed by atoms with Crippen LogP contribution in [-0.2, 0) is 0 Å². The number of amides is 1. The van der Waals surface area contributed by atoms with Crippen molar-refractivity contribution in [3.05, 3.63) is 29.8 Å². The first-order valence-corrected chi connectivity index (χ1v) is 4.97. The van der Waals surface area contributed by atoms with Crippen molar-refractivity contribution in [1.82, 2.24) is 5.32 Å². The van der Waals surface area contributed by atoms with Gasteiger partial charge in [-0.05, 0) is 24.6 Å². The average molecular weight is 208 g/mol. The minimum atomic E-state index is -0.205. The van der Waals surface area contributed by atoms with E-state index >= 15 is 0 Å². The summed E-state index contributed by atoms with van der Waals surface area (Å²) in [5.41, 5.74) is 5.92. The predicted molar refractivity (Wildman–Crippen MR) is 58.7 cm³/mol. The van der Waals surface area contributed by atoms with Crippen LogP contribution in [0.25, 0.3) is 0 Å². The van der Waals surface area contributed by atoms with Crippen molar-refractivity contribution in [2.45, 2.75) is 19.4 Å². The molecule has 1 aromatic carbocycles. The van der Waals surface area contributed by atoms with Crippen LogP contribution in [0.3, 0.4) is 0 Å². The number of hydrogen-bond donors (Lipinski definition) is 3. The number of carbonyl (C=O) groups is 1. The summed E-state index contributed by atoms with van der Waals surface area (Å²) in [4.78, 5) is 11.6. The molecule has 0 aliphatic rings. The summed E-state index contributed by atoms with van der Waals surface area (Å²) in [5, 5.41) is 12.0. The summed E-state index contributed by atoms with van der Waals surface area (Å²) in [6.07, 6.45) is 0.793. The number of hydrogen-bond acceptors (Lipinski definition) is 3. The van der Waals surface area contributed by atoms with Crippen molar-refractivity contribution in [3.8, 4) is 5.75 Å². The van der Waals surface area contributed by atoms with Crippen molar-refractivity contribution in [2.75, 3.05) is 6.54 Å². The Bertz CT molecular complexity index is 335. The van der Waals surface area contributed by atoms with E-state index in [4.69, 9.17) is 5.73 Å². The fourth-order valence-electron chi connectivity index (χ4n) is 1.24. The molecule has 1 atom stereocenters. The van der Waals surface area contributed by atoms with Gasteiger partial charge in [0, 0.05) is 18.2 Å². The van der Waals surface area contributed by atoms with Gasteiger partial charge in [0.2, 0.25) is 0 Å². The van der Waals surface area contributed by atoms with Crippen LogP contribution in [0.2, 0.25) is 0 Å². The number of phenols is 1. The highest BCUT2D eigenvalue weighted by atomic mass is 16.3. The highest BCUT2D eigenvalue weighted by Crippen LogP contribution is 2.10. The minimum Gasteiger partial charge on any atom is -0.508 e. The van der Waals surface area contributed by atoms with Crippen LogP contribution in [-0.4, -0.2) is 23.6 Å². The van der Waals surface area contributed by atoms with Crippen LogP contribution in [0, 0.1) is 0 Å². The van der Waals surface area contributed by atoms with E-state index in [-0.39, 0.29) is 17.7 Å². The van der Waals surface area contributed by atoms with E-state index in [1.54, 1.807) is 12.1 Å². The summed E-state index contributed by atoms with van der Waals surface area (Å²) in [6.45, 7) is 2.38. The number of aromatic hydroxyl groups is 1. The zero-order valence-electron chi connectivity index (χ0n) is 8.73. The topological polar surface area (TPSA) is 75.3 Å². The monoisotopic (exact) mass is 208 g/mol. The molecule has 0 saturated carbocycles. The summed E-state index contributed by atoms with van der Waals surface area (Å²) in [6, 6.07) is 6.22. The molecule has 1 unspecified atom stereocenters. The lowest BCUT2D eigenvalue weighted by Gasteiger charge is -2.14. The van der Waals surface area contributed by atoms with Gasteiger partial charge in [-0.2, -0.15) is 0 Å². The summed E-state index contributed by atoms with van der Waals surface area (Å²) >= 11 is 0. The van der Waals surface area contributed by atoms with E-state index in [9.17, 15) is 9.90 Å². The quantitative estimate of drug-likeness (QED) is 0.687. The van der Waals surface area contributed by atoms with Crippen LogP contribution in [0.4, 0.5) is 0 Å². The smallest absolute Gasteiger partial charge is 0.251 e. The van der Waals surface area contributed by atoms with Crippen LogP contribution < -0.4 is 11.1 Å². The second-order valence-electron chi connectivity index (χ2n) is 3.36. The first kappa shape index (κ1) is 11.5. The van der Waals surface area contributed by atoms with E-state index in [1.165, 1.54) is 12.1 Å². The van der Waals surface area contributed by atoms with E-state index < -0.39 is 0 Å². The highest BCUT2D eigenvalue weighted by Gasteiger charge is 2.10. The molecule has 82 valence electrons. The second-order valence-corrected chi connectivity index (χ2v) is 3.36. The zero-order chi connectivity index (χ0) is 11.3. The molecule has 4 heteroatoms. The Labute approximate surface area is 89.1 Å². The minimum absolute atomic E-state index is 0.0140. The molecule has 0 bridgehead atoms. The largest absolute Gasteiger partial charge is 0.508 e. The maximum atomic E-state index is 11.6. The number of nitrogens with one attached hydrogen (secondary N) is 1. The summed E-state index contributed by atoms with van der Waals surface area (Å²) < 4.78 is 0. The third-order valence-electron chi connectivity index (χ3n) is 2.22. The van der Waals surface area contributed by atoms with Gasteiger partial charge in [0.25, 0.3) is 5.91 Å². The fraction of sp³-hybridized carbons (Fsp3) is 0.364. The maximum Gasteiger partial charge on any atom is 0.251 e. The predicted octanol–water partition coefficient (Wildman–Crippen LogP) is 0.859. The Hall–Kier alpha value is -1.55. The van der Waals surface area contributed by atoms with E-state index in [1.807, 2.05) is 6.92 Å². The molecule has 0 spiro atoms. The molecular weight excluding hydrogens is 192 g/mol. The van der Waals surface area contributed by atoms with Crippen LogP contribution in [0.15, 0.2) is 24.3 Å². The number of phenolic OH excluding ortho intramolecular Hbond substituents is 1. The standard InChI is InChI=1S/C11H16N2O2/c1-2-9(7-12)13-11(15)8-4-3-5-10(14)6-8/h3-6,9,14H,2,7,12H2,1H3,(H,13,15). The number of nitrogens with two attached hydrogens (primary N) is 1. The maximum absolute atomic E-state index is 11.6. The molecular formula is C11H16N2O2. The Kier molecular flexibility index (Phi) is 4.12. The number of carbonyl (C=O) groups excluding carboxylic acids is 1. The molecule has 1 aromatic rings. The van der Waals surface area contributed by atoms with Gasteiger partial charge in [-0.25, -0.2) is 0 Å². The molecule has 0 fully saturated rings. The van der Waals surface area contributed by atoms with Gasteiger partial charge >= 0.3 is 0 Å². The van der Waals surface area contributed by atoms with Gasteiger partial charge in [-0.3, -0.25) is 4.79 Å². The molecule has 1 rings (SSSR count). The Morgan fingerprint density at radius 2 is 2.33 bits per heavy atom. The lowest BCUT2D eigenvalue weighted by atomic mass is 10.1. The fourth-order valence-corrected chi connectivity index (χ4v) is 1.24. The number of rotatable bonds is 4. The van der Waals surface area contributed by atoms with Gasteiger partial charge < -0.3 is 16.2 Å². The van der Waals surface area contributed by atoms with Crippen LogP contribution in [0.1, 0.15) is 23.7 Å². The average Bonchev–Trinajstić information content (AvgIpc) is 2.25. The normalized spacial score (nSPS) is 12.1. The van der Waals surface area contributed by atoms with Gasteiger partial charge in [0.1, 0.15) is 5.75 Å². The zero-order valence-corrected chi connectivity index (χ0v) is 8.73. The lowest BCUT2D eigenvalue weighted by molar-refractivity contribution is 0.0937. The van der Waals surface area contributed by atoms with Gasteiger partial charge in [0.15, 0.2) is 0 Å². The molecule has 4 nitrogen and oxygen atoms in total. The lowest BCUT2D eigenvalue weighted by Crippen LogP contribution is -2.39. The van der Waals surface area contributed by atoms with E-state index in [0.29, 0.717) is 12.1 Å². The van der Waals surface area contributed by atoms with Crippen molar-refractivity contribution in [3.63, 3.8) is 0 Å². The van der Waals surface area contributed by atoms with Crippen molar-refractivity contribution in [2.24, 2.45) is 5.73 Å². The van der Waals surface area contributed by atoms with E-state index in [0.717, 1.165) is 6.42 Å². The summed E-state index contributed by atoms with van der Waals surface area (Å²) in [5.74, 6) is -0.119.